The second-order valence-electron chi connectivity index (χ2n) is 5.50. The van der Waals surface area contributed by atoms with Gasteiger partial charge in [0.05, 0.1) is 7.11 Å². The predicted octanol–water partition coefficient (Wildman–Crippen LogP) is 2.24. The SMILES string of the molecule is COc1ccccc1CNC1CCN(c2ncccn2)CC1. The number of ether oxygens (including phenoxy) is 1. The first kappa shape index (κ1) is 14.8. The Bertz CT molecular complexity index is 582. The maximum Gasteiger partial charge on any atom is 0.225 e. The highest BCUT2D eigenvalue weighted by atomic mass is 16.5. The molecule has 0 unspecified atom stereocenters. The number of hydrogen-bond acceptors (Lipinski definition) is 5. The van der Waals surface area contributed by atoms with Crippen LogP contribution in [0.2, 0.25) is 0 Å². The van der Waals surface area contributed by atoms with Gasteiger partial charge in [0.25, 0.3) is 0 Å². The summed E-state index contributed by atoms with van der Waals surface area (Å²) in [7, 11) is 1.72. The van der Waals surface area contributed by atoms with Crippen molar-refractivity contribution in [1.29, 1.82) is 0 Å². The lowest BCUT2D eigenvalue weighted by Crippen LogP contribution is -2.42. The summed E-state index contributed by atoms with van der Waals surface area (Å²) in [6, 6.07) is 10.6. The minimum absolute atomic E-state index is 0.532. The molecule has 1 N–H and O–H groups in total. The Kier molecular flexibility index (Phi) is 4.85. The highest BCUT2D eigenvalue weighted by molar-refractivity contribution is 5.33. The van der Waals surface area contributed by atoms with Crippen molar-refractivity contribution in [3.8, 4) is 5.75 Å². The topological polar surface area (TPSA) is 50.3 Å². The van der Waals surface area contributed by atoms with Gasteiger partial charge in [0, 0.05) is 43.6 Å². The minimum atomic E-state index is 0.532. The van der Waals surface area contributed by atoms with E-state index in [2.05, 4.69) is 32.3 Å². The molecule has 1 aliphatic rings. The third-order valence-electron chi connectivity index (χ3n) is 4.10. The molecule has 5 heteroatoms. The molecule has 0 saturated carbocycles. The molecule has 1 saturated heterocycles. The Morgan fingerprint density at radius 3 is 2.59 bits per heavy atom. The fourth-order valence-electron chi connectivity index (χ4n) is 2.84. The molecule has 0 aliphatic carbocycles. The molecule has 116 valence electrons. The van der Waals surface area contributed by atoms with Crippen molar-refractivity contribution in [3.05, 3.63) is 48.3 Å². The van der Waals surface area contributed by atoms with Gasteiger partial charge < -0.3 is 15.0 Å². The lowest BCUT2D eigenvalue weighted by Gasteiger charge is -2.32. The largest absolute Gasteiger partial charge is 0.496 e. The van der Waals surface area contributed by atoms with Gasteiger partial charge in [0.2, 0.25) is 5.95 Å². The number of benzene rings is 1. The van der Waals surface area contributed by atoms with Crippen molar-refractivity contribution in [3.63, 3.8) is 0 Å². The van der Waals surface area contributed by atoms with Crippen LogP contribution in [0.1, 0.15) is 18.4 Å². The first-order valence-electron chi connectivity index (χ1n) is 7.74. The number of nitrogens with zero attached hydrogens (tertiary/aromatic N) is 3. The van der Waals surface area contributed by atoms with Crippen LogP contribution in [0, 0.1) is 0 Å². The summed E-state index contributed by atoms with van der Waals surface area (Å²) in [6.45, 7) is 2.83. The zero-order valence-corrected chi connectivity index (χ0v) is 12.9. The Balaban J connectivity index is 1.50. The normalized spacial score (nSPS) is 15.8. The van der Waals surface area contributed by atoms with Crippen molar-refractivity contribution in [2.45, 2.75) is 25.4 Å². The predicted molar refractivity (Wildman–Crippen MR) is 87.1 cm³/mol. The molecular formula is C17H22N4O. The second kappa shape index (κ2) is 7.22. The van der Waals surface area contributed by atoms with Gasteiger partial charge in [0.1, 0.15) is 5.75 Å². The summed E-state index contributed by atoms with van der Waals surface area (Å²) in [5.41, 5.74) is 1.21. The number of piperidine rings is 1. The van der Waals surface area contributed by atoms with Gasteiger partial charge in [0.15, 0.2) is 0 Å². The number of nitrogens with one attached hydrogen (secondary N) is 1. The number of rotatable bonds is 5. The van der Waals surface area contributed by atoms with Crippen LogP contribution in [-0.4, -0.2) is 36.2 Å². The molecule has 1 aromatic carbocycles. The van der Waals surface area contributed by atoms with Crippen molar-refractivity contribution >= 4 is 5.95 Å². The standard InChI is InChI=1S/C17H22N4O/c1-22-16-6-3-2-5-14(16)13-20-15-7-11-21(12-8-15)17-18-9-4-10-19-17/h2-6,9-10,15,20H,7-8,11-13H2,1H3. The Hall–Kier alpha value is -2.14. The monoisotopic (exact) mass is 298 g/mol. The molecule has 0 amide bonds. The van der Waals surface area contributed by atoms with E-state index >= 15 is 0 Å². The van der Waals surface area contributed by atoms with Gasteiger partial charge in [-0.25, -0.2) is 9.97 Å². The average Bonchev–Trinajstić information content (AvgIpc) is 2.61. The summed E-state index contributed by atoms with van der Waals surface area (Å²) in [6.07, 6.45) is 5.81. The highest BCUT2D eigenvalue weighted by Crippen LogP contribution is 2.19. The summed E-state index contributed by atoms with van der Waals surface area (Å²) in [4.78, 5) is 10.9. The fraction of sp³-hybridized carbons (Fsp3) is 0.412. The summed E-state index contributed by atoms with van der Waals surface area (Å²) >= 11 is 0. The van der Waals surface area contributed by atoms with Crippen LogP contribution in [0.3, 0.4) is 0 Å². The van der Waals surface area contributed by atoms with Gasteiger partial charge in [-0.05, 0) is 25.0 Å². The first-order chi connectivity index (χ1) is 10.9. The second-order valence-corrected chi connectivity index (χ2v) is 5.50. The van der Waals surface area contributed by atoms with Gasteiger partial charge in [-0.2, -0.15) is 0 Å². The van der Waals surface area contributed by atoms with Gasteiger partial charge in [-0.15, -0.1) is 0 Å². The van der Waals surface area contributed by atoms with Crippen molar-refractivity contribution in [2.75, 3.05) is 25.1 Å². The van der Waals surface area contributed by atoms with Crippen LogP contribution < -0.4 is 15.0 Å². The summed E-state index contributed by atoms with van der Waals surface area (Å²) in [5, 5.41) is 3.64. The number of anilines is 1. The third kappa shape index (κ3) is 3.54. The zero-order valence-electron chi connectivity index (χ0n) is 12.9. The average molecular weight is 298 g/mol. The van der Waals surface area contributed by atoms with E-state index in [1.807, 2.05) is 18.2 Å². The lowest BCUT2D eigenvalue weighted by molar-refractivity contribution is 0.390. The maximum atomic E-state index is 5.40. The molecule has 0 atom stereocenters. The molecule has 1 aromatic heterocycles. The molecule has 0 radical (unpaired) electrons. The number of para-hydroxylation sites is 1. The molecule has 1 aliphatic heterocycles. The maximum absolute atomic E-state index is 5.40. The number of methoxy groups -OCH3 is 1. The highest BCUT2D eigenvalue weighted by Gasteiger charge is 2.20. The molecule has 0 spiro atoms. The fourth-order valence-corrected chi connectivity index (χ4v) is 2.84. The van der Waals surface area contributed by atoms with E-state index in [-0.39, 0.29) is 0 Å². The van der Waals surface area contributed by atoms with Crippen LogP contribution >= 0.6 is 0 Å². The van der Waals surface area contributed by atoms with Crippen molar-refractivity contribution in [1.82, 2.24) is 15.3 Å². The van der Waals surface area contributed by atoms with E-state index in [4.69, 9.17) is 4.74 Å². The van der Waals surface area contributed by atoms with Gasteiger partial charge in [-0.1, -0.05) is 18.2 Å². The lowest BCUT2D eigenvalue weighted by atomic mass is 10.0. The number of aromatic nitrogens is 2. The molecule has 5 nitrogen and oxygen atoms in total. The molecule has 0 bridgehead atoms. The van der Waals surface area contributed by atoms with Crippen LogP contribution in [0.15, 0.2) is 42.7 Å². The minimum Gasteiger partial charge on any atom is -0.496 e. The van der Waals surface area contributed by atoms with Gasteiger partial charge in [-0.3, -0.25) is 0 Å². The quantitative estimate of drug-likeness (QED) is 0.917. The van der Waals surface area contributed by atoms with E-state index in [9.17, 15) is 0 Å². The zero-order chi connectivity index (χ0) is 15.2. The smallest absolute Gasteiger partial charge is 0.225 e. The third-order valence-corrected chi connectivity index (χ3v) is 4.10. The van der Waals surface area contributed by atoms with Crippen LogP contribution in [0.4, 0.5) is 5.95 Å². The van der Waals surface area contributed by atoms with Crippen LogP contribution in [0.25, 0.3) is 0 Å². The van der Waals surface area contributed by atoms with E-state index in [0.717, 1.165) is 44.2 Å². The Morgan fingerprint density at radius 1 is 1.14 bits per heavy atom. The van der Waals surface area contributed by atoms with Crippen molar-refractivity contribution < 1.29 is 4.74 Å². The number of hydrogen-bond donors (Lipinski definition) is 1. The van der Waals surface area contributed by atoms with E-state index in [1.54, 1.807) is 19.5 Å². The Morgan fingerprint density at radius 2 is 1.86 bits per heavy atom. The molecule has 3 rings (SSSR count). The molecule has 1 fully saturated rings. The van der Waals surface area contributed by atoms with E-state index in [1.165, 1.54) is 5.56 Å². The molecule has 2 aromatic rings. The Labute approximate surface area is 131 Å². The van der Waals surface area contributed by atoms with Gasteiger partial charge >= 0.3 is 0 Å². The first-order valence-corrected chi connectivity index (χ1v) is 7.74. The van der Waals surface area contributed by atoms with E-state index in [0.29, 0.717) is 6.04 Å². The molecule has 2 heterocycles. The molecule has 22 heavy (non-hydrogen) atoms. The van der Waals surface area contributed by atoms with Crippen molar-refractivity contribution in [2.24, 2.45) is 0 Å². The van der Waals surface area contributed by atoms with Crippen LogP contribution in [0.5, 0.6) is 5.75 Å². The summed E-state index contributed by atoms with van der Waals surface area (Å²) in [5.74, 6) is 1.79. The summed E-state index contributed by atoms with van der Waals surface area (Å²) < 4.78 is 5.40. The van der Waals surface area contributed by atoms with Crippen LogP contribution in [-0.2, 0) is 6.54 Å². The molecular weight excluding hydrogens is 276 g/mol. The van der Waals surface area contributed by atoms with E-state index < -0.39 is 0 Å².